The summed E-state index contributed by atoms with van der Waals surface area (Å²) in [5.41, 5.74) is 6.13. The van der Waals surface area contributed by atoms with E-state index < -0.39 is 0 Å². The minimum atomic E-state index is 0.771. The van der Waals surface area contributed by atoms with Crippen molar-refractivity contribution in [3.8, 4) is 11.3 Å². The molecule has 0 saturated heterocycles. The minimum Gasteiger partial charge on any atom is -0.253 e. The molecule has 0 aliphatic heterocycles. The number of allylic oxidation sites excluding steroid dienone is 1. The highest BCUT2D eigenvalue weighted by molar-refractivity contribution is 9.10. The normalized spacial score (nSPS) is 11.3. The molecular formula is C18H14BrN3S. The zero-order chi connectivity index (χ0) is 15.9. The van der Waals surface area contributed by atoms with E-state index in [4.69, 9.17) is 0 Å². The summed E-state index contributed by atoms with van der Waals surface area (Å²) in [6.07, 6.45) is 5.61. The quantitative estimate of drug-likeness (QED) is 0.454. The Bertz CT molecular complexity index is 808. The Balaban J connectivity index is 1.58. The van der Waals surface area contributed by atoms with Crippen molar-refractivity contribution in [3.63, 3.8) is 0 Å². The van der Waals surface area contributed by atoms with Crippen molar-refractivity contribution in [2.45, 2.75) is 0 Å². The van der Waals surface area contributed by atoms with Crippen molar-refractivity contribution >= 4 is 44.7 Å². The lowest BCUT2D eigenvalue weighted by molar-refractivity contribution is 1.29. The molecule has 0 amide bonds. The lowest BCUT2D eigenvalue weighted by atomic mass is 10.2. The molecule has 0 bridgehead atoms. The van der Waals surface area contributed by atoms with E-state index in [0.29, 0.717) is 0 Å². The summed E-state index contributed by atoms with van der Waals surface area (Å²) in [7, 11) is 0. The Morgan fingerprint density at radius 3 is 2.61 bits per heavy atom. The van der Waals surface area contributed by atoms with Gasteiger partial charge in [-0.05, 0) is 23.8 Å². The third kappa shape index (κ3) is 4.61. The fourth-order valence-corrected chi connectivity index (χ4v) is 2.86. The molecule has 0 saturated carbocycles. The minimum absolute atomic E-state index is 0.771. The van der Waals surface area contributed by atoms with E-state index in [9.17, 15) is 0 Å². The van der Waals surface area contributed by atoms with Gasteiger partial charge in [0.15, 0.2) is 0 Å². The summed E-state index contributed by atoms with van der Waals surface area (Å²) in [6, 6.07) is 18.2. The third-order valence-electron chi connectivity index (χ3n) is 3.05. The first-order valence-electron chi connectivity index (χ1n) is 7.03. The summed E-state index contributed by atoms with van der Waals surface area (Å²) in [4.78, 5) is 4.52. The molecule has 23 heavy (non-hydrogen) atoms. The van der Waals surface area contributed by atoms with E-state index in [1.807, 2.05) is 72.1 Å². The van der Waals surface area contributed by atoms with Gasteiger partial charge in [0.2, 0.25) is 5.13 Å². The Morgan fingerprint density at radius 2 is 1.83 bits per heavy atom. The predicted octanol–water partition coefficient (Wildman–Crippen LogP) is 5.68. The molecule has 3 nitrogen and oxygen atoms in total. The van der Waals surface area contributed by atoms with Crippen LogP contribution in [0, 0.1) is 0 Å². The Labute approximate surface area is 147 Å². The van der Waals surface area contributed by atoms with E-state index in [-0.39, 0.29) is 0 Å². The second-order valence-corrected chi connectivity index (χ2v) is 6.48. The van der Waals surface area contributed by atoms with Crippen LogP contribution in [0.4, 0.5) is 5.13 Å². The number of benzene rings is 2. The van der Waals surface area contributed by atoms with Crippen LogP contribution in [0.5, 0.6) is 0 Å². The van der Waals surface area contributed by atoms with Crippen molar-refractivity contribution in [1.29, 1.82) is 0 Å². The molecule has 1 aromatic heterocycles. The van der Waals surface area contributed by atoms with Crippen molar-refractivity contribution in [3.05, 3.63) is 76.1 Å². The summed E-state index contributed by atoms with van der Waals surface area (Å²) in [6.45, 7) is 0. The maximum absolute atomic E-state index is 4.52. The van der Waals surface area contributed by atoms with E-state index in [1.165, 1.54) is 11.3 Å². The van der Waals surface area contributed by atoms with Gasteiger partial charge in [-0.25, -0.2) is 4.98 Å². The molecule has 0 unspecified atom stereocenters. The Kier molecular flexibility index (Phi) is 5.34. The van der Waals surface area contributed by atoms with Gasteiger partial charge in [-0.3, -0.25) is 5.43 Å². The number of halogens is 1. The molecule has 2 aromatic carbocycles. The van der Waals surface area contributed by atoms with Crippen molar-refractivity contribution < 1.29 is 0 Å². The van der Waals surface area contributed by atoms with Crippen LogP contribution in [0.3, 0.4) is 0 Å². The highest BCUT2D eigenvalue weighted by atomic mass is 79.9. The van der Waals surface area contributed by atoms with Crippen molar-refractivity contribution in [2.24, 2.45) is 5.10 Å². The standard InChI is InChI=1S/C18H14BrN3S/c19-16-10-8-15(9-11-16)17-13-23-18(21-17)22-20-12-4-7-14-5-2-1-3-6-14/h1-13H,(H,21,22)/b7-4+,20-12-. The van der Waals surface area contributed by atoms with Crippen LogP contribution in [0.15, 0.2) is 75.6 Å². The largest absolute Gasteiger partial charge is 0.253 e. The highest BCUT2D eigenvalue weighted by Crippen LogP contribution is 2.25. The van der Waals surface area contributed by atoms with Crippen LogP contribution in [0.1, 0.15) is 5.56 Å². The number of anilines is 1. The van der Waals surface area contributed by atoms with E-state index in [2.05, 4.69) is 31.4 Å². The summed E-state index contributed by atoms with van der Waals surface area (Å²) in [5, 5.41) is 6.94. The van der Waals surface area contributed by atoms with Crippen molar-refractivity contribution in [2.75, 3.05) is 5.43 Å². The van der Waals surface area contributed by atoms with E-state index in [0.717, 1.165) is 26.4 Å². The van der Waals surface area contributed by atoms with Crippen LogP contribution in [0.25, 0.3) is 17.3 Å². The Morgan fingerprint density at radius 1 is 1.04 bits per heavy atom. The topological polar surface area (TPSA) is 37.3 Å². The molecule has 1 N–H and O–H groups in total. The van der Waals surface area contributed by atoms with Gasteiger partial charge in [-0.2, -0.15) is 5.10 Å². The second kappa shape index (κ2) is 7.85. The first kappa shape index (κ1) is 15.6. The smallest absolute Gasteiger partial charge is 0.203 e. The van der Waals surface area contributed by atoms with Gasteiger partial charge in [0, 0.05) is 21.6 Å². The molecule has 0 radical (unpaired) electrons. The lowest BCUT2D eigenvalue weighted by Gasteiger charge is -1.96. The van der Waals surface area contributed by atoms with Crippen LogP contribution in [-0.4, -0.2) is 11.2 Å². The third-order valence-corrected chi connectivity index (χ3v) is 4.33. The highest BCUT2D eigenvalue weighted by Gasteiger charge is 2.03. The maximum atomic E-state index is 4.52. The number of rotatable bonds is 5. The predicted molar refractivity (Wildman–Crippen MR) is 103 cm³/mol. The van der Waals surface area contributed by atoms with Gasteiger partial charge in [0.25, 0.3) is 0 Å². The molecule has 1 heterocycles. The first-order chi connectivity index (χ1) is 11.3. The van der Waals surface area contributed by atoms with Crippen LogP contribution >= 0.6 is 27.3 Å². The van der Waals surface area contributed by atoms with Gasteiger partial charge in [0.1, 0.15) is 0 Å². The van der Waals surface area contributed by atoms with Gasteiger partial charge in [0.05, 0.1) is 5.69 Å². The number of nitrogens with zero attached hydrogens (tertiary/aromatic N) is 2. The molecule has 3 rings (SSSR count). The lowest BCUT2D eigenvalue weighted by Crippen LogP contribution is -1.87. The number of hydrogen-bond acceptors (Lipinski definition) is 4. The van der Waals surface area contributed by atoms with E-state index in [1.54, 1.807) is 6.21 Å². The summed E-state index contributed by atoms with van der Waals surface area (Å²) < 4.78 is 1.06. The SMILES string of the molecule is Brc1ccc(-c2csc(N/N=C\C=C\c3ccccc3)n2)cc1. The average molecular weight is 384 g/mol. The van der Waals surface area contributed by atoms with Gasteiger partial charge in [-0.15, -0.1) is 11.3 Å². The maximum Gasteiger partial charge on any atom is 0.203 e. The monoisotopic (exact) mass is 383 g/mol. The number of nitrogens with one attached hydrogen (secondary N) is 1. The zero-order valence-electron chi connectivity index (χ0n) is 12.2. The molecule has 0 fully saturated rings. The number of thiazole rings is 1. The zero-order valence-corrected chi connectivity index (χ0v) is 14.6. The molecule has 3 aromatic rings. The number of hydrazone groups is 1. The molecule has 0 spiro atoms. The van der Waals surface area contributed by atoms with Crippen LogP contribution in [-0.2, 0) is 0 Å². The van der Waals surface area contributed by atoms with E-state index >= 15 is 0 Å². The second-order valence-electron chi connectivity index (χ2n) is 4.70. The van der Waals surface area contributed by atoms with Crippen molar-refractivity contribution in [1.82, 2.24) is 4.98 Å². The molecule has 0 aliphatic carbocycles. The molecule has 5 heteroatoms. The molecule has 114 valence electrons. The van der Waals surface area contributed by atoms with Gasteiger partial charge >= 0.3 is 0 Å². The molecule has 0 aliphatic rings. The molecule has 0 atom stereocenters. The molecular weight excluding hydrogens is 370 g/mol. The fourth-order valence-electron chi connectivity index (χ4n) is 1.93. The van der Waals surface area contributed by atoms with Crippen LogP contribution < -0.4 is 5.43 Å². The van der Waals surface area contributed by atoms with Crippen LogP contribution in [0.2, 0.25) is 0 Å². The summed E-state index contributed by atoms with van der Waals surface area (Å²) in [5.74, 6) is 0. The Hall–Kier alpha value is -2.24. The number of hydrogen-bond donors (Lipinski definition) is 1. The van der Waals surface area contributed by atoms with Gasteiger partial charge < -0.3 is 0 Å². The average Bonchev–Trinajstić information content (AvgIpc) is 3.05. The summed E-state index contributed by atoms with van der Waals surface area (Å²) >= 11 is 4.96. The first-order valence-corrected chi connectivity index (χ1v) is 8.71. The van der Waals surface area contributed by atoms with Gasteiger partial charge in [-0.1, -0.05) is 64.5 Å². The fraction of sp³-hybridized carbons (Fsp3) is 0. The number of aromatic nitrogens is 1.